The molecule has 0 fully saturated rings. The molecule has 106 valence electrons. The van der Waals surface area contributed by atoms with E-state index in [2.05, 4.69) is 13.8 Å². The number of hydroxylamine groups is 2. The van der Waals surface area contributed by atoms with Gasteiger partial charge in [-0.3, -0.25) is 0 Å². The lowest BCUT2D eigenvalue weighted by molar-refractivity contribution is -0.149. The quantitative estimate of drug-likeness (QED) is 0.789. The lowest BCUT2D eigenvalue weighted by Gasteiger charge is -2.29. The second kappa shape index (κ2) is 6.89. The van der Waals surface area contributed by atoms with Crippen molar-refractivity contribution in [1.29, 1.82) is 0 Å². The van der Waals surface area contributed by atoms with E-state index < -0.39 is 0 Å². The molecule has 1 N–H and O–H groups in total. The van der Waals surface area contributed by atoms with Gasteiger partial charge in [-0.1, -0.05) is 67.9 Å². The van der Waals surface area contributed by atoms with Crippen LogP contribution in [0.2, 0.25) is 5.02 Å². The van der Waals surface area contributed by atoms with E-state index in [4.69, 9.17) is 11.6 Å². The Morgan fingerprint density at radius 3 is 2.15 bits per heavy atom. The van der Waals surface area contributed by atoms with Crippen LogP contribution in [0.4, 0.5) is 0 Å². The molecule has 0 aliphatic carbocycles. The first kappa shape index (κ1) is 15.0. The predicted octanol–water partition coefficient (Wildman–Crippen LogP) is 4.93. The molecule has 2 nitrogen and oxygen atoms in total. The zero-order valence-electron chi connectivity index (χ0n) is 11.8. The fourth-order valence-electron chi connectivity index (χ4n) is 2.43. The number of hydrogen-bond donors (Lipinski definition) is 1. The van der Waals surface area contributed by atoms with Gasteiger partial charge in [-0.25, -0.2) is 0 Å². The van der Waals surface area contributed by atoms with E-state index in [0.717, 1.165) is 11.1 Å². The van der Waals surface area contributed by atoms with Gasteiger partial charge in [-0.2, -0.15) is 5.06 Å². The largest absolute Gasteiger partial charge is 0.313 e. The van der Waals surface area contributed by atoms with E-state index >= 15 is 0 Å². The zero-order chi connectivity index (χ0) is 14.5. The average molecular weight is 290 g/mol. The van der Waals surface area contributed by atoms with E-state index in [0.29, 0.717) is 17.5 Å². The molecule has 1 unspecified atom stereocenters. The number of nitrogens with zero attached hydrogens (tertiary/aromatic N) is 1. The lowest BCUT2D eigenvalue weighted by Crippen LogP contribution is -2.28. The molecule has 20 heavy (non-hydrogen) atoms. The lowest BCUT2D eigenvalue weighted by atomic mass is 9.95. The van der Waals surface area contributed by atoms with Crippen LogP contribution >= 0.6 is 11.6 Å². The summed E-state index contributed by atoms with van der Waals surface area (Å²) in [5, 5.41) is 12.6. The third-order valence-electron chi connectivity index (χ3n) is 3.35. The van der Waals surface area contributed by atoms with E-state index in [1.54, 1.807) is 0 Å². The third-order valence-corrected chi connectivity index (χ3v) is 3.60. The van der Waals surface area contributed by atoms with Crippen molar-refractivity contribution in [2.24, 2.45) is 5.92 Å². The van der Waals surface area contributed by atoms with Gasteiger partial charge in [0.25, 0.3) is 0 Å². The Labute approximate surface area is 125 Å². The van der Waals surface area contributed by atoms with Crippen LogP contribution in [0.25, 0.3) is 0 Å². The maximum atomic E-state index is 10.5. The number of rotatable bonds is 5. The minimum atomic E-state index is -0.0486. The first-order valence-corrected chi connectivity index (χ1v) is 7.20. The molecule has 3 heteroatoms. The Morgan fingerprint density at radius 1 is 1.00 bits per heavy atom. The first-order valence-electron chi connectivity index (χ1n) is 6.83. The summed E-state index contributed by atoms with van der Waals surface area (Å²) in [6.07, 6.45) is 0. The van der Waals surface area contributed by atoms with E-state index in [-0.39, 0.29) is 6.04 Å². The van der Waals surface area contributed by atoms with Crippen LogP contribution in [0.1, 0.15) is 31.0 Å². The molecule has 0 saturated heterocycles. The molecule has 2 aromatic rings. The van der Waals surface area contributed by atoms with Gasteiger partial charge in [0.2, 0.25) is 0 Å². The summed E-state index contributed by atoms with van der Waals surface area (Å²) in [5.74, 6) is 0.296. The standard InChI is InChI=1S/C17H20ClNO/c1-13(2)17(15-8-10-16(18)11-9-15)19(20)12-14-6-4-3-5-7-14/h3-11,13,17,20H,12H2,1-2H3. The molecular formula is C17H20ClNO. The maximum absolute atomic E-state index is 10.5. The van der Waals surface area contributed by atoms with Crippen molar-refractivity contribution in [2.45, 2.75) is 26.4 Å². The molecule has 0 amide bonds. The monoisotopic (exact) mass is 289 g/mol. The highest BCUT2D eigenvalue weighted by molar-refractivity contribution is 6.30. The molecule has 0 saturated carbocycles. The highest BCUT2D eigenvalue weighted by atomic mass is 35.5. The summed E-state index contributed by atoms with van der Waals surface area (Å²) < 4.78 is 0. The fourth-order valence-corrected chi connectivity index (χ4v) is 2.56. The van der Waals surface area contributed by atoms with Gasteiger partial charge in [0.15, 0.2) is 0 Å². The SMILES string of the molecule is CC(C)C(c1ccc(Cl)cc1)N(O)Cc1ccccc1. The van der Waals surface area contributed by atoms with Gasteiger partial charge in [0.1, 0.15) is 0 Å². The van der Waals surface area contributed by atoms with Crippen LogP contribution in [-0.4, -0.2) is 10.3 Å². The molecule has 0 aliphatic heterocycles. The van der Waals surface area contributed by atoms with Crippen LogP contribution in [0.15, 0.2) is 54.6 Å². The fraction of sp³-hybridized carbons (Fsp3) is 0.294. The minimum absolute atomic E-state index is 0.0486. The Bertz CT molecular complexity index is 524. The van der Waals surface area contributed by atoms with Crippen LogP contribution in [0.3, 0.4) is 0 Å². The molecule has 2 aromatic carbocycles. The molecule has 0 bridgehead atoms. The average Bonchev–Trinajstić information content (AvgIpc) is 2.42. The van der Waals surface area contributed by atoms with Crippen molar-refractivity contribution in [1.82, 2.24) is 5.06 Å². The number of halogens is 1. The number of benzene rings is 2. The Hall–Kier alpha value is -1.35. The molecule has 1 atom stereocenters. The highest BCUT2D eigenvalue weighted by Gasteiger charge is 2.22. The van der Waals surface area contributed by atoms with Crippen molar-refractivity contribution in [3.05, 3.63) is 70.7 Å². The summed E-state index contributed by atoms with van der Waals surface area (Å²) in [4.78, 5) is 0. The molecule has 2 rings (SSSR count). The molecule has 0 spiro atoms. The summed E-state index contributed by atoms with van der Waals surface area (Å²) >= 11 is 5.93. The van der Waals surface area contributed by atoms with Crippen LogP contribution in [-0.2, 0) is 6.54 Å². The molecule has 0 aliphatic rings. The highest BCUT2D eigenvalue weighted by Crippen LogP contribution is 2.29. The first-order chi connectivity index (χ1) is 9.58. The molecule has 0 aromatic heterocycles. The van der Waals surface area contributed by atoms with Gasteiger partial charge in [-0.15, -0.1) is 0 Å². The van der Waals surface area contributed by atoms with Gasteiger partial charge >= 0.3 is 0 Å². The van der Waals surface area contributed by atoms with Gasteiger partial charge in [-0.05, 0) is 29.2 Å². The predicted molar refractivity (Wildman–Crippen MR) is 82.8 cm³/mol. The topological polar surface area (TPSA) is 23.5 Å². The molecule has 0 heterocycles. The van der Waals surface area contributed by atoms with Crippen LogP contribution in [0, 0.1) is 5.92 Å². The van der Waals surface area contributed by atoms with E-state index in [1.807, 2.05) is 54.6 Å². The van der Waals surface area contributed by atoms with Gasteiger partial charge < -0.3 is 5.21 Å². The summed E-state index contributed by atoms with van der Waals surface area (Å²) in [7, 11) is 0. The van der Waals surface area contributed by atoms with Crippen molar-refractivity contribution in [3.63, 3.8) is 0 Å². The van der Waals surface area contributed by atoms with Crippen molar-refractivity contribution in [2.75, 3.05) is 0 Å². The zero-order valence-corrected chi connectivity index (χ0v) is 12.6. The summed E-state index contributed by atoms with van der Waals surface area (Å²) in [6, 6.07) is 17.6. The molecule has 0 radical (unpaired) electrons. The van der Waals surface area contributed by atoms with Crippen molar-refractivity contribution < 1.29 is 5.21 Å². The minimum Gasteiger partial charge on any atom is -0.313 e. The normalized spacial score (nSPS) is 12.9. The summed E-state index contributed by atoms with van der Waals surface area (Å²) in [6.45, 7) is 4.72. The second-order valence-corrected chi connectivity index (χ2v) is 5.76. The third kappa shape index (κ3) is 3.83. The van der Waals surface area contributed by atoms with Crippen molar-refractivity contribution in [3.8, 4) is 0 Å². The smallest absolute Gasteiger partial charge is 0.0626 e. The Kier molecular flexibility index (Phi) is 5.18. The number of hydrogen-bond acceptors (Lipinski definition) is 2. The Balaban J connectivity index is 2.18. The van der Waals surface area contributed by atoms with Gasteiger partial charge in [0.05, 0.1) is 6.04 Å². The van der Waals surface area contributed by atoms with Crippen molar-refractivity contribution >= 4 is 11.6 Å². The van der Waals surface area contributed by atoms with E-state index in [9.17, 15) is 5.21 Å². The van der Waals surface area contributed by atoms with Crippen LogP contribution in [0.5, 0.6) is 0 Å². The summed E-state index contributed by atoms with van der Waals surface area (Å²) in [5.41, 5.74) is 2.16. The maximum Gasteiger partial charge on any atom is 0.0626 e. The molecular weight excluding hydrogens is 270 g/mol. The second-order valence-electron chi connectivity index (χ2n) is 5.32. The van der Waals surface area contributed by atoms with Crippen LogP contribution < -0.4 is 0 Å². The van der Waals surface area contributed by atoms with E-state index in [1.165, 1.54) is 5.06 Å². The van der Waals surface area contributed by atoms with Gasteiger partial charge in [0, 0.05) is 11.6 Å². The Morgan fingerprint density at radius 2 is 1.60 bits per heavy atom.